The summed E-state index contributed by atoms with van der Waals surface area (Å²) in [5.74, 6) is 0.406. The normalized spacial score (nSPS) is 21.5. The summed E-state index contributed by atoms with van der Waals surface area (Å²) in [5.41, 5.74) is 3.05. The van der Waals surface area contributed by atoms with Crippen molar-refractivity contribution in [2.24, 2.45) is 0 Å². The predicted octanol–water partition coefficient (Wildman–Crippen LogP) is 2.54. The lowest BCUT2D eigenvalue weighted by Gasteiger charge is -2.39. The van der Waals surface area contributed by atoms with Crippen molar-refractivity contribution in [2.75, 3.05) is 31.1 Å². The molecule has 4 rings (SSSR count). The Balaban J connectivity index is 1.56. The molecule has 0 bridgehead atoms. The molecule has 2 aromatic carbocycles. The number of ether oxygens (including phenoxy) is 1. The van der Waals surface area contributed by atoms with Gasteiger partial charge in [0.1, 0.15) is 12.3 Å². The first-order valence-corrected chi connectivity index (χ1v) is 10.2. The molecule has 0 radical (unpaired) electrons. The third kappa shape index (κ3) is 3.85. The molecule has 1 fully saturated rings. The van der Waals surface area contributed by atoms with Crippen LogP contribution >= 0.6 is 0 Å². The van der Waals surface area contributed by atoms with Gasteiger partial charge < -0.3 is 15.0 Å². The Morgan fingerprint density at radius 3 is 2.69 bits per heavy atom. The first-order chi connectivity index (χ1) is 14.1. The van der Waals surface area contributed by atoms with Gasteiger partial charge in [0, 0.05) is 19.6 Å². The van der Waals surface area contributed by atoms with Gasteiger partial charge in [-0.2, -0.15) is 0 Å². The quantitative estimate of drug-likeness (QED) is 0.867. The standard InChI is InChI=1S/C23H27N3O3/c1-3-17-8-10-18(11-9-17)20-14-24-12-13-25(20)22(27)15-26-19-6-4-5-7-21(19)29-16(2)23(26)28/h4-11,16,20,24H,3,12-15H2,1-2H3. The van der Waals surface area contributed by atoms with Gasteiger partial charge >= 0.3 is 0 Å². The summed E-state index contributed by atoms with van der Waals surface area (Å²) in [6, 6.07) is 15.8. The average Bonchev–Trinajstić information content (AvgIpc) is 2.77. The number of anilines is 1. The largest absolute Gasteiger partial charge is 0.479 e. The zero-order valence-corrected chi connectivity index (χ0v) is 16.9. The van der Waals surface area contributed by atoms with Gasteiger partial charge in [-0.25, -0.2) is 0 Å². The Kier molecular flexibility index (Phi) is 5.53. The molecule has 152 valence electrons. The third-order valence-electron chi connectivity index (χ3n) is 5.70. The second-order valence-electron chi connectivity index (χ2n) is 7.55. The summed E-state index contributed by atoms with van der Waals surface area (Å²) in [7, 11) is 0. The number of carbonyl (C=O) groups excluding carboxylic acids is 2. The van der Waals surface area contributed by atoms with E-state index in [2.05, 4.69) is 36.5 Å². The molecule has 2 unspecified atom stereocenters. The highest BCUT2D eigenvalue weighted by atomic mass is 16.5. The lowest BCUT2D eigenvalue weighted by molar-refractivity contribution is -0.135. The summed E-state index contributed by atoms with van der Waals surface area (Å²) < 4.78 is 5.69. The van der Waals surface area contributed by atoms with Crippen LogP contribution in [0.4, 0.5) is 5.69 Å². The van der Waals surface area contributed by atoms with E-state index >= 15 is 0 Å². The number of nitrogens with one attached hydrogen (secondary N) is 1. The molecular weight excluding hydrogens is 366 g/mol. The van der Waals surface area contributed by atoms with Crippen molar-refractivity contribution < 1.29 is 14.3 Å². The molecule has 1 saturated heterocycles. The van der Waals surface area contributed by atoms with Crippen LogP contribution in [-0.4, -0.2) is 49.0 Å². The van der Waals surface area contributed by atoms with Crippen LogP contribution in [0.1, 0.15) is 31.0 Å². The Bertz CT molecular complexity index is 896. The molecule has 2 atom stereocenters. The van der Waals surface area contributed by atoms with Crippen LogP contribution in [0.5, 0.6) is 5.75 Å². The Morgan fingerprint density at radius 1 is 1.17 bits per heavy atom. The molecule has 6 nitrogen and oxygen atoms in total. The van der Waals surface area contributed by atoms with Crippen molar-refractivity contribution in [1.82, 2.24) is 10.2 Å². The maximum Gasteiger partial charge on any atom is 0.268 e. The molecule has 0 aromatic heterocycles. The zero-order chi connectivity index (χ0) is 20.4. The van der Waals surface area contributed by atoms with Gasteiger partial charge in [0.15, 0.2) is 6.10 Å². The maximum absolute atomic E-state index is 13.3. The van der Waals surface area contributed by atoms with E-state index in [4.69, 9.17) is 4.74 Å². The molecule has 0 spiro atoms. The summed E-state index contributed by atoms with van der Waals surface area (Å²) in [5, 5.41) is 3.39. The number of carbonyl (C=O) groups is 2. The Hall–Kier alpha value is -2.86. The van der Waals surface area contributed by atoms with Crippen molar-refractivity contribution in [2.45, 2.75) is 32.4 Å². The van der Waals surface area contributed by atoms with E-state index in [1.807, 2.05) is 29.2 Å². The number of amides is 2. The second kappa shape index (κ2) is 8.25. The lowest BCUT2D eigenvalue weighted by Crippen LogP contribution is -2.54. The van der Waals surface area contributed by atoms with Gasteiger partial charge in [-0.15, -0.1) is 0 Å². The van der Waals surface area contributed by atoms with Crippen LogP contribution in [0.3, 0.4) is 0 Å². The molecule has 29 heavy (non-hydrogen) atoms. The number of hydrogen-bond acceptors (Lipinski definition) is 4. The van der Waals surface area contributed by atoms with E-state index < -0.39 is 6.10 Å². The first kappa shape index (κ1) is 19.5. The SMILES string of the molecule is CCc1ccc(C2CNCCN2C(=O)CN2C(=O)C(C)Oc3ccccc32)cc1. The molecule has 2 amide bonds. The minimum absolute atomic E-state index is 0.0209. The molecule has 0 saturated carbocycles. The van der Waals surface area contributed by atoms with Gasteiger partial charge in [0.05, 0.1) is 11.7 Å². The topological polar surface area (TPSA) is 61.9 Å². The van der Waals surface area contributed by atoms with Crippen LogP contribution in [0, 0.1) is 0 Å². The minimum atomic E-state index is -0.599. The number of piperazine rings is 1. The number of fused-ring (bicyclic) bond motifs is 1. The van der Waals surface area contributed by atoms with Crippen molar-refractivity contribution in [3.05, 3.63) is 59.7 Å². The van der Waals surface area contributed by atoms with E-state index in [9.17, 15) is 9.59 Å². The lowest BCUT2D eigenvalue weighted by atomic mass is 10.0. The number of nitrogens with zero attached hydrogens (tertiary/aromatic N) is 2. The summed E-state index contributed by atoms with van der Waals surface area (Å²) in [6.07, 6.45) is 0.390. The monoisotopic (exact) mass is 393 g/mol. The number of para-hydroxylation sites is 2. The van der Waals surface area contributed by atoms with Crippen molar-refractivity contribution in [1.29, 1.82) is 0 Å². The molecule has 1 N–H and O–H groups in total. The number of benzene rings is 2. The highest BCUT2D eigenvalue weighted by Crippen LogP contribution is 2.34. The van der Waals surface area contributed by atoms with E-state index in [0.29, 0.717) is 24.5 Å². The van der Waals surface area contributed by atoms with Crippen LogP contribution in [-0.2, 0) is 16.0 Å². The Labute approximate surface area is 171 Å². The molecule has 0 aliphatic carbocycles. The van der Waals surface area contributed by atoms with Gasteiger partial charge in [-0.3, -0.25) is 14.5 Å². The van der Waals surface area contributed by atoms with E-state index in [1.54, 1.807) is 11.8 Å². The molecule has 2 aliphatic heterocycles. The minimum Gasteiger partial charge on any atom is -0.479 e. The average molecular weight is 393 g/mol. The fourth-order valence-electron chi connectivity index (χ4n) is 4.02. The first-order valence-electron chi connectivity index (χ1n) is 10.2. The number of aryl methyl sites for hydroxylation is 1. The smallest absolute Gasteiger partial charge is 0.268 e. The fraction of sp³-hybridized carbons (Fsp3) is 0.391. The number of rotatable bonds is 4. The highest BCUT2D eigenvalue weighted by Gasteiger charge is 2.35. The summed E-state index contributed by atoms with van der Waals surface area (Å²) in [6.45, 7) is 5.95. The van der Waals surface area contributed by atoms with Crippen LogP contribution in [0.25, 0.3) is 0 Å². The van der Waals surface area contributed by atoms with E-state index in [1.165, 1.54) is 5.56 Å². The third-order valence-corrected chi connectivity index (χ3v) is 5.70. The zero-order valence-electron chi connectivity index (χ0n) is 16.9. The van der Waals surface area contributed by atoms with Crippen molar-refractivity contribution in [3.8, 4) is 5.75 Å². The van der Waals surface area contributed by atoms with Crippen LogP contribution in [0.2, 0.25) is 0 Å². The summed E-state index contributed by atoms with van der Waals surface area (Å²) >= 11 is 0. The summed E-state index contributed by atoms with van der Waals surface area (Å²) in [4.78, 5) is 29.5. The predicted molar refractivity (Wildman–Crippen MR) is 112 cm³/mol. The highest BCUT2D eigenvalue weighted by molar-refractivity contribution is 6.03. The molecular formula is C23H27N3O3. The van der Waals surface area contributed by atoms with Gasteiger partial charge in [-0.05, 0) is 36.6 Å². The molecule has 6 heteroatoms. The van der Waals surface area contributed by atoms with Gasteiger partial charge in [-0.1, -0.05) is 43.3 Å². The number of hydrogen-bond donors (Lipinski definition) is 1. The molecule has 2 heterocycles. The van der Waals surface area contributed by atoms with Gasteiger partial charge in [0.2, 0.25) is 5.91 Å². The fourth-order valence-corrected chi connectivity index (χ4v) is 4.02. The maximum atomic E-state index is 13.3. The van der Waals surface area contributed by atoms with E-state index in [0.717, 1.165) is 18.5 Å². The van der Waals surface area contributed by atoms with Crippen LogP contribution in [0.15, 0.2) is 48.5 Å². The molecule has 2 aromatic rings. The van der Waals surface area contributed by atoms with Crippen LogP contribution < -0.4 is 15.0 Å². The molecule has 2 aliphatic rings. The van der Waals surface area contributed by atoms with Gasteiger partial charge in [0.25, 0.3) is 5.91 Å². The second-order valence-corrected chi connectivity index (χ2v) is 7.55. The van der Waals surface area contributed by atoms with E-state index in [-0.39, 0.29) is 24.4 Å². The van der Waals surface area contributed by atoms with Crippen molar-refractivity contribution in [3.63, 3.8) is 0 Å². The van der Waals surface area contributed by atoms with Crippen molar-refractivity contribution >= 4 is 17.5 Å². The Morgan fingerprint density at radius 2 is 1.93 bits per heavy atom.